The fourth-order valence-corrected chi connectivity index (χ4v) is 3.31. The number of aromatic hydroxyl groups is 1. The zero-order valence-electron chi connectivity index (χ0n) is 15.5. The molecule has 2 aromatic carbocycles. The van der Waals surface area contributed by atoms with E-state index in [-0.39, 0.29) is 47.6 Å². The van der Waals surface area contributed by atoms with Crippen LogP contribution in [0.3, 0.4) is 0 Å². The predicted octanol–water partition coefficient (Wildman–Crippen LogP) is 4.04. The first-order chi connectivity index (χ1) is 13.2. The minimum absolute atomic E-state index is 0. The first kappa shape index (κ1) is 25.8. The number of nitro benzene ring substituents is 1. The van der Waals surface area contributed by atoms with E-state index >= 15 is 0 Å². The Labute approximate surface area is 182 Å². The van der Waals surface area contributed by atoms with Crippen molar-refractivity contribution >= 4 is 30.5 Å². The normalized spacial score (nSPS) is 15.4. The molecule has 0 amide bonds. The van der Waals surface area contributed by atoms with E-state index in [2.05, 4.69) is 10.1 Å². The number of phenols is 1. The highest BCUT2D eigenvalue weighted by Gasteiger charge is 2.32. The van der Waals surface area contributed by atoms with Crippen LogP contribution in [0, 0.1) is 10.1 Å². The fourth-order valence-electron chi connectivity index (χ4n) is 3.31. The molecule has 2 aromatic rings. The van der Waals surface area contributed by atoms with E-state index in [1.807, 2.05) is 4.90 Å². The van der Waals surface area contributed by atoms with Gasteiger partial charge in [-0.15, -0.1) is 38.0 Å². The van der Waals surface area contributed by atoms with Crippen LogP contribution in [0.25, 0.3) is 0 Å². The summed E-state index contributed by atoms with van der Waals surface area (Å²) in [6, 6.07) is 8.42. The van der Waals surface area contributed by atoms with Crippen LogP contribution < -0.4 is 10.1 Å². The molecule has 0 bridgehead atoms. The lowest BCUT2D eigenvalue weighted by Crippen LogP contribution is -2.45. The summed E-state index contributed by atoms with van der Waals surface area (Å²) < 4.78 is 41.1. The maximum absolute atomic E-state index is 12.4. The molecule has 7 nitrogen and oxygen atoms in total. The van der Waals surface area contributed by atoms with Crippen molar-refractivity contribution in [3.05, 3.63) is 63.7 Å². The van der Waals surface area contributed by atoms with Crippen molar-refractivity contribution in [3.8, 4) is 11.5 Å². The van der Waals surface area contributed by atoms with Gasteiger partial charge in [0.2, 0.25) is 0 Å². The first-order valence-electron chi connectivity index (χ1n) is 8.52. The standard InChI is InChI=1S/C18H18F3N3O4.2ClH/c19-18(20,21)28-14-4-1-12(2-5-14)17(23-9-7-22-8-10-23)15-11-13(25)3-6-16(15)24(26)27;;/h1-6,11,17,22,25H,7-10H2;2*1H/t17-;;/m0../s1. The van der Waals surface area contributed by atoms with E-state index in [1.165, 1.54) is 42.5 Å². The number of nitrogens with one attached hydrogen (secondary N) is 1. The van der Waals surface area contributed by atoms with Crippen molar-refractivity contribution in [3.63, 3.8) is 0 Å². The first-order valence-corrected chi connectivity index (χ1v) is 8.52. The molecule has 2 N–H and O–H groups in total. The van der Waals surface area contributed by atoms with Crippen LogP contribution in [-0.2, 0) is 0 Å². The monoisotopic (exact) mass is 469 g/mol. The van der Waals surface area contributed by atoms with Crippen LogP contribution in [-0.4, -0.2) is 47.5 Å². The van der Waals surface area contributed by atoms with E-state index in [1.54, 1.807) is 0 Å². The largest absolute Gasteiger partial charge is 0.573 e. The summed E-state index contributed by atoms with van der Waals surface area (Å²) in [5, 5.41) is 24.6. The number of hydrogen-bond acceptors (Lipinski definition) is 6. The third-order valence-corrected chi connectivity index (χ3v) is 4.45. The number of rotatable bonds is 5. The Morgan fingerprint density at radius 1 is 1.10 bits per heavy atom. The Bertz CT molecular complexity index is 848. The Morgan fingerprint density at radius 2 is 1.70 bits per heavy atom. The van der Waals surface area contributed by atoms with Gasteiger partial charge in [-0.05, 0) is 29.8 Å². The van der Waals surface area contributed by atoms with Crippen molar-refractivity contribution in [1.82, 2.24) is 10.2 Å². The Hall–Kier alpha value is -2.27. The van der Waals surface area contributed by atoms with Crippen molar-refractivity contribution < 1.29 is 27.9 Å². The van der Waals surface area contributed by atoms with Gasteiger partial charge in [0, 0.05) is 32.2 Å². The molecule has 1 fully saturated rings. The molecule has 1 saturated heterocycles. The molecule has 12 heteroatoms. The van der Waals surface area contributed by atoms with E-state index in [0.29, 0.717) is 31.7 Å². The topological polar surface area (TPSA) is 87.9 Å². The molecule has 0 radical (unpaired) electrons. The smallest absolute Gasteiger partial charge is 0.508 e. The molecule has 1 aliphatic heterocycles. The van der Waals surface area contributed by atoms with Gasteiger partial charge in [-0.1, -0.05) is 12.1 Å². The summed E-state index contributed by atoms with van der Waals surface area (Å²) in [5.74, 6) is -0.501. The molecule has 0 aromatic heterocycles. The lowest BCUT2D eigenvalue weighted by Gasteiger charge is -2.35. The molecule has 1 atom stereocenters. The maximum atomic E-state index is 12.4. The lowest BCUT2D eigenvalue weighted by molar-refractivity contribution is -0.385. The van der Waals surface area contributed by atoms with Crippen LogP contribution in [0.15, 0.2) is 42.5 Å². The molecule has 1 aliphatic rings. The number of benzene rings is 2. The van der Waals surface area contributed by atoms with Gasteiger partial charge in [-0.25, -0.2) is 0 Å². The Balaban J connectivity index is 0.00000225. The summed E-state index contributed by atoms with van der Waals surface area (Å²) in [6.07, 6.45) is -4.80. The molecule has 0 saturated carbocycles. The number of piperazine rings is 1. The lowest BCUT2D eigenvalue weighted by atomic mass is 9.94. The maximum Gasteiger partial charge on any atom is 0.573 e. The summed E-state index contributed by atoms with van der Waals surface area (Å²) >= 11 is 0. The number of alkyl halides is 3. The van der Waals surface area contributed by atoms with E-state index < -0.39 is 17.3 Å². The molecule has 0 spiro atoms. The van der Waals surface area contributed by atoms with Gasteiger partial charge in [0.25, 0.3) is 5.69 Å². The minimum Gasteiger partial charge on any atom is -0.508 e. The van der Waals surface area contributed by atoms with Gasteiger partial charge in [-0.2, -0.15) is 0 Å². The van der Waals surface area contributed by atoms with Crippen LogP contribution in [0.1, 0.15) is 17.2 Å². The predicted molar refractivity (Wildman–Crippen MR) is 109 cm³/mol. The Kier molecular flexibility index (Phi) is 9.16. The van der Waals surface area contributed by atoms with Crippen molar-refractivity contribution in [2.45, 2.75) is 12.4 Å². The molecule has 30 heavy (non-hydrogen) atoms. The van der Waals surface area contributed by atoms with Gasteiger partial charge in [0.15, 0.2) is 0 Å². The second kappa shape index (κ2) is 10.7. The second-order valence-corrected chi connectivity index (χ2v) is 6.31. The molecular weight excluding hydrogens is 450 g/mol. The molecule has 166 valence electrons. The average molecular weight is 470 g/mol. The highest BCUT2D eigenvalue weighted by molar-refractivity contribution is 5.85. The van der Waals surface area contributed by atoms with Crippen molar-refractivity contribution in [2.75, 3.05) is 26.2 Å². The molecule has 3 rings (SSSR count). The number of nitrogens with zero attached hydrogens (tertiary/aromatic N) is 2. The Morgan fingerprint density at radius 3 is 2.23 bits per heavy atom. The third-order valence-electron chi connectivity index (χ3n) is 4.45. The second-order valence-electron chi connectivity index (χ2n) is 6.31. The van der Waals surface area contributed by atoms with Gasteiger partial charge >= 0.3 is 6.36 Å². The zero-order valence-corrected chi connectivity index (χ0v) is 17.1. The van der Waals surface area contributed by atoms with Crippen LogP contribution >= 0.6 is 24.8 Å². The van der Waals surface area contributed by atoms with Crippen LogP contribution in [0.4, 0.5) is 18.9 Å². The molecule has 0 unspecified atom stereocenters. The quantitative estimate of drug-likeness (QED) is 0.507. The number of ether oxygens (including phenoxy) is 1. The van der Waals surface area contributed by atoms with E-state index in [4.69, 9.17) is 0 Å². The van der Waals surface area contributed by atoms with Gasteiger partial charge in [-0.3, -0.25) is 15.0 Å². The highest BCUT2D eigenvalue weighted by Crippen LogP contribution is 2.37. The van der Waals surface area contributed by atoms with Gasteiger partial charge in [0.05, 0.1) is 16.5 Å². The van der Waals surface area contributed by atoms with Crippen molar-refractivity contribution in [1.29, 1.82) is 0 Å². The van der Waals surface area contributed by atoms with Crippen molar-refractivity contribution in [2.24, 2.45) is 0 Å². The van der Waals surface area contributed by atoms with Gasteiger partial charge < -0.3 is 15.2 Å². The molecule has 0 aliphatic carbocycles. The minimum atomic E-state index is -4.80. The third kappa shape index (κ3) is 6.36. The fraction of sp³-hybridized carbons (Fsp3) is 0.333. The molecule has 1 heterocycles. The van der Waals surface area contributed by atoms with Crippen LogP contribution in [0.2, 0.25) is 0 Å². The summed E-state index contributed by atoms with van der Waals surface area (Å²) in [5.41, 5.74) is 0.665. The number of nitro groups is 1. The SMILES string of the molecule is Cl.Cl.O=[N+]([O-])c1ccc(O)cc1[C@H](c1ccc(OC(F)(F)F)cc1)N1CCNCC1. The van der Waals surface area contributed by atoms with E-state index in [9.17, 15) is 28.4 Å². The summed E-state index contributed by atoms with van der Waals surface area (Å²) in [6.45, 7) is 2.49. The number of phenolic OH excluding ortho intramolecular Hbond substituents is 1. The highest BCUT2D eigenvalue weighted by atomic mass is 35.5. The van der Waals surface area contributed by atoms with Crippen LogP contribution in [0.5, 0.6) is 11.5 Å². The number of halogens is 5. The zero-order chi connectivity index (χ0) is 20.3. The van der Waals surface area contributed by atoms with Gasteiger partial charge in [0.1, 0.15) is 11.5 Å². The van der Waals surface area contributed by atoms with E-state index in [0.717, 1.165) is 0 Å². The summed E-state index contributed by atoms with van der Waals surface area (Å²) in [4.78, 5) is 13.0. The average Bonchev–Trinajstić information content (AvgIpc) is 2.63. The number of hydrogen-bond donors (Lipinski definition) is 2. The summed E-state index contributed by atoms with van der Waals surface area (Å²) in [7, 11) is 0. The molecular formula is C18H20Cl2F3N3O4.